The van der Waals surface area contributed by atoms with Crippen molar-refractivity contribution in [1.29, 1.82) is 0 Å². The van der Waals surface area contributed by atoms with Gasteiger partial charge in [-0.2, -0.15) is 0 Å². The summed E-state index contributed by atoms with van der Waals surface area (Å²) >= 11 is 0. The molecule has 4 nitrogen and oxygen atoms in total. The van der Waals surface area contributed by atoms with Gasteiger partial charge in [0.15, 0.2) is 0 Å². The van der Waals surface area contributed by atoms with Crippen molar-refractivity contribution in [2.75, 3.05) is 0 Å². The number of hydrogen-bond acceptors (Lipinski definition) is 4. The first-order chi connectivity index (χ1) is 10.1. The Bertz CT molecular complexity index is 585. The molecule has 0 aliphatic heterocycles. The Labute approximate surface area is 125 Å². The van der Waals surface area contributed by atoms with Crippen LogP contribution in [0.25, 0.3) is 0 Å². The van der Waals surface area contributed by atoms with Crippen molar-refractivity contribution in [2.45, 2.75) is 39.5 Å². The lowest BCUT2D eigenvalue weighted by molar-refractivity contribution is 0.278. The van der Waals surface area contributed by atoms with Crippen molar-refractivity contribution in [3.63, 3.8) is 0 Å². The minimum Gasteiger partial charge on any atom is -0.506 e. The molecule has 4 heteroatoms. The Morgan fingerprint density at radius 2 is 1.95 bits per heavy atom. The highest BCUT2D eigenvalue weighted by Crippen LogP contribution is 2.23. The molecule has 0 radical (unpaired) electrons. The third-order valence-corrected chi connectivity index (χ3v) is 3.61. The molecule has 0 aliphatic carbocycles. The first-order valence-electron chi connectivity index (χ1n) is 7.16. The average Bonchev–Trinajstić information content (AvgIpc) is 2.49. The van der Waals surface area contributed by atoms with Crippen molar-refractivity contribution in [3.8, 4) is 5.75 Å². The van der Waals surface area contributed by atoms with Crippen LogP contribution in [0.4, 0.5) is 0 Å². The molecule has 1 atom stereocenters. The van der Waals surface area contributed by atoms with Crippen LogP contribution >= 0.6 is 0 Å². The van der Waals surface area contributed by atoms with Crippen molar-refractivity contribution in [2.24, 2.45) is 0 Å². The van der Waals surface area contributed by atoms with E-state index in [9.17, 15) is 10.2 Å². The average molecular weight is 286 g/mol. The summed E-state index contributed by atoms with van der Waals surface area (Å²) in [5.41, 5.74) is 3.25. The smallest absolute Gasteiger partial charge is 0.141 e. The Hall–Kier alpha value is -1.91. The standard InChI is InChI=1S/C17H22N2O2/c1-12(8-14-6-4-3-5-7-14)18-10-16-15(11-20)9-19-13(2)17(16)21/h3-7,9,12,18,20-21H,8,10-11H2,1-2H3. The summed E-state index contributed by atoms with van der Waals surface area (Å²) in [5, 5.41) is 22.8. The fraction of sp³-hybridized carbons (Fsp3) is 0.353. The molecule has 0 bridgehead atoms. The monoisotopic (exact) mass is 286 g/mol. The van der Waals surface area contributed by atoms with Crippen molar-refractivity contribution in [1.82, 2.24) is 10.3 Å². The van der Waals surface area contributed by atoms with E-state index in [2.05, 4.69) is 29.4 Å². The second kappa shape index (κ2) is 7.20. The second-order valence-electron chi connectivity index (χ2n) is 5.33. The van der Waals surface area contributed by atoms with E-state index in [1.807, 2.05) is 18.2 Å². The fourth-order valence-electron chi connectivity index (χ4n) is 2.33. The first kappa shape index (κ1) is 15.5. The van der Waals surface area contributed by atoms with Crippen LogP contribution in [-0.2, 0) is 19.6 Å². The third-order valence-electron chi connectivity index (χ3n) is 3.61. The van der Waals surface area contributed by atoms with Crippen LogP contribution in [0.15, 0.2) is 36.5 Å². The molecule has 21 heavy (non-hydrogen) atoms. The van der Waals surface area contributed by atoms with Crippen molar-refractivity contribution >= 4 is 0 Å². The highest BCUT2D eigenvalue weighted by atomic mass is 16.3. The number of aromatic hydroxyl groups is 1. The Morgan fingerprint density at radius 3 is 2.62 bits per heavy atom. The van der Waals surface area contributed by atoms with Crippen LogP contribution in [0.2, 0.25) is 0 Å². The quantitative estimate of drug-likeness (QED) is 0.762. The Morgan fingerprint density at radius 1 is 1.24 bits per heavy atom. The van der Waals surface area contributed by atoms with Gasteiger partial charge in [-0.1, -0.05) is 30.3 Å². The number of aliphatic hydroxyl groups is 1. The largest absolute Gasteiger partial charge is 0.506 e. The molecule has 1 aromatic carbocycles. The highest BCUT2D eigenvalue weighted by molar-refractivity contribution is 5.40. The van der Waals surface area contributed by atoms with Crippen LogP contribution in [0, 0.1) is 6.92 Å². The molecule has 1 aromatic heterocycles. The van der Waals surface area contributed by atoms with E-state index in [1.165, 1.54) is 5.56 Å². The van der Waals surface area contributed by atoms with Gasteiger partial charge in [0.05, 0.1) is 12.3 Å². The summed E-state index contributed by atoms with van der Waals surface area (Å²) in [6, 6.07) is 10.5. The predicted octanol–water partition coefficient (Wildman–Crippen LogP) is 2.31. The molecule has 3 N–H and O–H groups in total. The molecule has 0 aliphatic rings. The lowest BCUT2D eigenvalue weighted by atomic mass is 10.1. The topological polar surface area (TPSA) is 65.4 Å². The lowest BCUT2D eigenvalue weighted by Gasteiger charge is -2.17. The van der Waals surface area contributed by atoms with Gasteiger partial charge in [0.2, 0.25) is 0 Å². The van der Waals surface area contributed by atoms with Gasteiger partial charge < -0.3 is 15.5 Å². The first-order valence-corrected chi connectivity index (χ1v) is 7.16. The molecule has 2 rings (SSSR count). The summed E-state index contributed by atoms with van der Waals surface area (Å²) in [7, 11) is 0. The van der Waals surface area contributed by atoms with Gasteiger partial charge in [-0.25, -0.2) is 0 Å². The lowest BCUT2D eigenvalue weighted by Crippen LogP contribution is -2.28. The van der Waals surface area contributed by atoms with Crippen LogP contribution < -0.4 is 5.32 Å². The highest BCUT2D eigenvalue weighted by Gasteiger charge is 2.12. The molecule has 112 valence electrons. The molecular weight excluding hydrogens is 264 g/mol. The zero-order valence-electron chi connectivity index (χ0n) is 12.5. The van der Waals surface area contributed by atoms with E-state index in [4.69, 9.17) is 0 Å². The number of hydrogen-bond donors (Lipinski definition) is 3. The van der Waals surface area contributed by atoms with Gasteiger partial charge in [-0.05, 0) is 25.8 Å². The number of rotatable bonds is 6. The Balaban J connectivity index is 2.01. The summed E-state index contributed by atoms with van der Waals surface area (Å²) in [4.78, 5) is 4.07. The van der Waals surface area contributed by atoms with Gasteiger partial charge in [0, 0.05) is 29.9 Å². The summed E-state index contributed by atoms with van der Waals surface area (Å²) in [6.07, 6.45) is 2.54. The molecule has 0 saturated heterocycles. The maximum atomic E-state index is 10.1. The van der Waals surface area contributed by atoms with E-state index >= 15 is 0 Å². The number of aliphatic hydroxyl groups excluding tert-OH is 1. The van der Waals surface area contributed by atoms with E-state index < -0.39 is 0 Å². The summed E-state index contributed by atoms with van der Waals surface area (Å²) < 4.78 is 0. The zero-order valence-corrected chi connectivity index (χ0v) is 12.5. The van der Waals surface area contributed by atoms with Crippen LogP contribution in [0.3, 0.4) is 0 Å². The SMILES string of the molecule is Cc1ncc(CO)c(CNC(C)Cc2ccccc2)c1O. The minimum absolute atomic E-state index is 0.120. The third kappa shape index (κ3) is 4.03. The number of nitrogens with zero attached hydrogens (tertiary/aromatic N) is 1. The number of nitrogens with one attached hydrogen (secondary N) is 1. The normalized spacial score (nSPS) is 12.3. The summed E-state index contributed by atoms with van der Waals surface area (Å²) in [5.74, 6) is 0.168. The number of aromatic nitrogens is 1. The predicted molar refractivity (Wildman–Crippen MR) is 83.0 cm³/mol. The van der Waals surface area contributed by atoms with Crippen LogP contribution in [-0.4, -0.2) is 21.2 Å². The van der Waals surface area contributed by atoms with Crippen LogP contribution in [0.1, 0.15) is 29.3 Å². The molecule has 0 saturated carbocycles. The fourth-order valence-corrected chi connectivity index (χ4v) is 2.33. The van der Waals surface area contributed by atoms with Gasteiger partial charge in [0.25, 0.3) is 0 Å². The summed E-state index contributed by atoms with van der Waals surface area (Å²) in [6.45, 7) is 4.26. The molecule has 0 spiro atoms. The second-order valence-corrected chi connectivity index (χ2v) is 5.33. The molecule has 0 fully saturated rings. The van der Waals surface area contributed by atoms with E-state index in [-0.39, 0.29) is 18.4 Å². The van der Waals surface area contributed by atoms with Crippen molar-refractivity contribution in [3.05, 3.63) is 58.9 Å². The number of pyridine rings is 1. The molecule has 1 heterocycles. The minimum atomic E-state index is -0.120. The van der Waals surface area contributed by atoms with Crippen molar-refractivity contribution < 1.29 is 10.2 Å². The molecule has 1 unspecified atom stereocenters. The van der Waals surface area contributed by atoms with E-state index in [1.54, 1.807) is 13.1 Å². The zero-order chi connectivity index (χ0) is 15.2. The van der Waals surface area contributed by atoms with Gasteiger partial charge >= 0.3 is 0 Å². The van der Waals surface area contributed by atoms with Gasteiger partial charge in [-0.15, -0.1) is 0 Å². The maximum Gasteiger partial charge on any atom is 0.141 e. The van der Waals surface area contributed by atoms with E-state index in [0.717, 1.165) is 12.0 Å². The van der Waals surface area contributed by atoms with Crippen LogP contribution in [0.5, 0.6) is 5.75 Å². The number of benzene rings is 1. The molecule has 2 aromatic rings. The molecule has 0 amide bonds. The maximum absolute atomic E-state index is 10.1. The van der Waals surface area contributed by atoms with Gasteiger partial charge in [-0.3, -0.25) is 4.98 Å². The van der Waals surface area contributed by atoms with E-state index in [0.29, 0.717) is 17.8 Å². The number of aryl methyl sites for hydroxylation is 1. The molecular formula is C17H22N2O2. The van der Waals surface area contributed by atoms with Gasteiger partial charge in [0.1, 0.15) is 5.75 Å². The Kier molecular flexibility index (Phi) is 5.31.